The van der Waals surface area contributed by atoms with Crippen molar-refractivity contribution in [3.05, 3.63) is 107 Å². The molecule has 1 fully saturated rings. The van der Waals surface area contributed by atoms with Crippen LogP contribution in [0.2, 0.25) is 0 Å². The van der Waals surface area contributed by atoms with E-state index < -0.39 is 15.3 Å². The van der Waals surface area contributed by atoms with Gasteiger partial charge in [-0.1, -0.05) is 66.7 Å². The zero-order valence-corrected chi connectivity index (χ0v) is 25.0. The Morgan fingerprint density at radius 2 is 1.67 bits per heavy atom. The third-order valence-electron chi connectivity index (χ3n) is 7.99. The van der Waals surface area contributed by atoms with Gasteiger partial charge in [0.25, 0.3) is 0 Å². The summed E-state index contributed by atoms with van der Waals surface area (Å²) < 4.78 is 41.9. The molecule has 0 saturated carbocycles. The summed E-state index contributed by atoms with van der Waals surface area (Å²) in [7, 11) is -0.400. The van der Waals surface area contributed by atoms with Gasteiger partial charge in [-0.05, 0) is 67.2 Å². The monoisotopic (exact) mass is 586 g/mol. The number of fused-ring (bicyclic) bond motifs is 1. The highest BCUT2D eigenvalue weighted by atomic mass is 32.2. The van der Waals surface area contributed by atoms with E-state index in [1.165, 1.54) is 13.5 Å². The van der Waals surface area contributed by atoms with Gasteiger partial charge < -0.3 is 18.9 Å². The molecule has 42 heavy (non-hydrogen) atoms. The van der Waals surface area contributed by atoms with Crippen LogP contribution in [-0.2, 0) is 45.9 Å². The van der Waals surface area contributed by atoms with Gasteiger partial charge in [0.1, 0.15) is 13.5 Å². The van der Waals surface area contributed by atoms with Crippen molar-refractivity contribution in [2.45, 2.75) is 50.5 Å². The molecule has 1 aliphatic heterocycles. The van der Waals surface area contributed by atoms with E-state index in [1.54, 1.807) is 6.07 Å². The zero-order chi connectivity index (χ0) is 29.5. The standard InChI is InChI=1S/C33H38N4O4S/c1-35-17-9-14-30(35)18-29-21-37(25-41-23-27-12-7-4-8-13-27)32-16-15-28(19-31(29)32)33(20-34)42(38,39)36(2)24-40-22-26-10-5-3-6-11-26/h3-8,10-13,15-16,19,21,30,33H,9,14,17-18,22-25H2,1-2H3/t30-,33?/m1/s1. The minimum Gasteiger partial charge on any atom is -0.360 e. The molecule has 0 bridgehead atoms. The summed E-state index contributed by atoms with van der Waals surface area (Å²) in [5, 5.41) is 9.67. The van der Waals surface area contributed by atoms with Gasteiger partial charge in [0, 0.05) is 24.7 Å². The molecule has 2 atom stereocenters. The lowest BCUT2D eigenvalue weighted by Crippen LogP contribution is -2.33. The predicted molar refractivity (Wildman–Crippen MR) is 164 cm³/mol. The Labute approximate surface area is 248 Å². The number of hydrogen-bond donors (Lipinski definition) is 0. The van der Waals surface area contributed by atoms with E-state index in [9.17, 15) is 13.7 Å². The van der Waals surface area contributed by atoms with Gasteiger partial charge in [0.2, 0.25) is 10.0 Å². The Hall–Kier alpha value is -3.52. The number of rotatable bonds is 13. The van der Waals surface area contributed by atoms with Crippen molar-refractivity contribution in [3.63, 3.8) is 0 Å². The van der Waals surface area contributed by atoms with Crippen LogP contribution in [0.1, 0.15) is 40.3 Å². The van der Waals surface area contributed by atoms with Crippen LogP contribution in [0.5, 0.6) is 0 Å². The summed E-state index contributed by atoms with van der Waals surface area (Å²) in [4.78, 5) is 2.38. The molecule has 220 valence electrons. The average Bonchev–Trinajstić information content (AvgIpc) is 3.56. The Kier molecular flexibility index (Phi) is 9.73. The van der Waals surface area contributed by atoms with Gasteiger partial charge in [-0.3, -0.25) is 0 Å². The van der Waals surface area contributed by atoms with Gasteiger partial charge in [-0.2, -0.15) is 9.57 Å². The molecule has 0 spiro atoms. The van der Waals surface area contributed by atoms with Crippen molar-refractivity contribution < 1.29 is 17.9 Å². The van der Waals surface area contributed by atoms with Crippen molar-refractivity contribution >= 4 is 20.9 Å². The molecule has 8 nitrogen and oxygen atoms in total. The first kappa shape index (κ1) is 30.0. The second kappa shape index (κ2) is 13.6. The number of hydrogen-bond acceptors (Lipinski definition) is 6. The molecule has 9 heteroatoms. The Morgan fingerprint density at radius 3 is 2.29 bits per heavy atom. The molecule has 1 aromatic heterocycles. The maximum atomic E-state index is 13.5. The van der Waals surface area contributed by atoms with Crippen LogP contribution in [-0.4, -0.2) is 55.6 Å². The first-order chi connectivity index (χ1) is 20.4. The first-order valence-corrected chi connectivity index (χ1v) is 15.8. The molecule has 3 aromatic carbocycles. The normalized spacial score (nSPS) is 16.7. The molecule has 0 radical (unpaired) electrons. The summed E-state index contributed by atoms with van der Waals surface area (Å²) in [6.07, 6.45) is 5.25. The second-order valence-corrected chi connectivity index (χ2v) is 13.1. The minimum absolute atomic E-state index is 0.147. The van der Waals surface area contributed by atoms with E-state index in [0.29, 0.717) is 24.9 Å². The lowest BCUT2D eigenvalue weighted by molar-refractivity contribution is 0.0667. The summed E-state index contributed by atoms with van der Waals surface area (Å²) in [6.45, 7) is 2.07. The number of ether oxygens (including phenoxy) is 2. The SMILES string of the molecule is CN1CCC[C@@H]1Cc1cn(COCc2ccccc2)c2ccc(C(C#N)S(=O)(=O)N(C)COCc3ccccc3)cc12. The van der Waals surface area contributed by atoms with E-state index in [0.717, 1.165) is 51.3 Å². The zero-order valence-electron chi connectivity index (χ0n) is 24.2. The summed E-state index contributed by atoms with van der Waals surface area (Å²) >= 11 is 0. The quantitative estimate of drug-likeness (QED) is 0.194. The number of nitriles is 1. The fourth-order valence-electron chi connectivity index (χ4n) is 5.58. The molecule has 1 saturated heterocycles. The van der Waals surface area contributed by atoms with Gasteiger partial charge in [0.15, 0.2) is 5.25 Å². The van der Waals surface area contributed by atoms with E-state index >= 15 is 0 Å². The van der Waals surface area contributed by atoms with Crippen molar-refractivity contribution in [1.29, 1.82) is 5.26 Å². The van der Waals surface area contributed by atoms with Gasteiger partial charge in [0.05, 0.1) is 24.8 Å². The van der Waals surface area contributed by atoms with Crippen molar-refractivity contribution in [2.75, 3.05) is 27.4 Å². The lowest BCUT2D eigenvalue weighted by atomic mass is 10.0. The van der Waals surface area contributed by atoms with Crippen LogP contribution in [0, 0.1) is 11.3 Å². The van der Waals surface area contributed by atoms with Crippen LogP contribution in [0.3, 0.4) is 0 Å². The second-order valence-electron chi connectivity index (χ2n) is 11.0. The summed E-state index contributed by atoms with van der Waals surface area (Å²) in [6, 6.07) is 27.6. The van der Waals surface area contributed by atoms with E-state index in [1.807, 2.05) is 78.9 Å². The predicted octanol–water partition coefficient (Wildman–Crippen LogP) is 5.45. The molecule has 1 unspecified atom stereocenters. The maximum Gasteiger partial charge on any atom is 0.236 e. The number of sulfonamides is 1. The molecule has 0 amide bonds. The van der Waals surface area contributed by atoms with Crippen LogP contribution in [0.25, 0.3) is 10.9 Å². The highest BCUT2D eigenvalue weighted by Crippen LogP contribution is 2.32. The molecule has 5 rings (SSSR count). The molecule has 0 aliphatic carbocycles. The van der Waals surface area contributed by atoms with Gasteiger partial charge in [-0.15, -0.1) is 0 Å². The number of nitrogens with zero attached hydrogens (tertiary/aromatic N) is 4. The van der Waals surface area contributed by atoms with Crippen molar-refractivity contribution in [1.82, 2.24) is 13.8 Å². The molecule has 1 aliphatic rings. The Balaban J connectivity index is 1.37. The molecule has 0 N–H and O–H groups in total. The smallest absolute Gasteiger partial charge is 0.236 e. The number of likely N-dealkylation sites (tertiary alicyclic amines) is 1. The Morgan fingerprint density at radius 1 is 1.00 bits per heavy atom. The number of likely N-dealkylation sites (N-methyl/N-ethyl adjacent to an activating group) is 1. The molecule has 2 heterocycles. The largest absolute Gasteiger partial charge is 0.360 e. The molecular formula is C33H38N4O4S. The van der Waals surface area contributed by atoms with Crippen molar-refractivity contribution in [2.24, 2.45) is 0 Å². The minimum atomic E-state index is -4.00. The first-order valence-electron chi connectivity index (χ1n) is 14.3. The topological polar surface area (TPSA) is 87.8 Å². The third-order valence-corrected chi connectivity index (χ3v) is 9.94. The Bertz CT molecular complexity index is 1620. The van der Waals surface area contributed by atoms with E-state index in [2.05, 4.69) is 22.7 Å². The molecule has 4 aromatic rings. The summed E-state index contributed by atoms with van der Waals surface area (Å²) in [5.74, 6) is 0. The number of aromatic nitrogens is 1. The van der Waals surface area contributed by atoms with E-state index in [-0.39, 0.29) is 13.3 Å². The van der Waals surface area contributed by atoms with Crippen LogP contribution >= 0.6 is 0 Å². The fourth-order valence-corrected chi connectivity index (χ4v) is 6.79. The highest BCUT2D eigenvalue weighted by molar-refractivity contribution is 7.89. The van der Waals surface area contributed by atoms with Crippen LogP contribution in [0.15, 0.2) is 85.1 Å². The summed E-state index contributed by atoms with van der Waals surface area (Å²) in [5.41, 5.74) is 4.58. The third kappa shape index (κ3) is 6.92. The van der Waals surface area contributed by atoms with Crippen LogP contribution in [0.4, 0.5) is 0 Å². The van der Waals surface area contributed by atoms with Gasteiger partial charge in [-0.25, -0.2) is 8.42 Å². The lowest BCUT2D eigenvalue weighted by Gasteiger charge is -2.21. The molecular weight excluding hydrogens is 548 g/mol. The fraction of sp³-hybridized carbons (Fsp3) is 0.364. The van der Waals surface area contributed by atoms with Gasteiger partial charge >= 0.3 is 0 Å². The van der Waals surface area contributed by atoms with Crippen LogP contribution < -0.4 is 0 Å². The highest BCUT2D eigenvalue weighted by Gasteiger charge is 2.32. The van der Waals surface area contributed by atoms with Crippen molar-refractivity contribution in [3.8, 4) is 6.07 Å². The van der Waals surface area contributed by atoms with E-state index in [4.69, 9.17) is 9.47 Å². The average molecular weight is 587 g/mol. The number of benzene rings is 3. The maximum absolute atomic E-state index is 13.5.